The van der Waals surface area contributed by atoms with Gasteiger partial charge in [0.25, 0.3) is 5.91 Å². The zero-order valence-corrected chi connectivity index (χ0v) is 12.7. The minimum Gasteiger partial charge on any atom is -0.478 e. The van der Waals surface area contributed by atoms with Crippen LogP contribution in [0.5, 0.6) is 0 Å². The van der Waals surface area contributed by atoms with E-state index in [9.17, 15) is 14.4 Å². The van der Waals surface area contributed by atoms with E-state index < -0.39 is 23.9 Å². The molecule has 3 rings (SSSR count). The van der Waals surface area contributed by atoms with Gasteiger partial charge in [-0.2, -0.15) is 5.10 Å². The average molecular weight is 326 g/mol. The van der Waals surface area contributed by atoms with Gasteiger partial charge in [-0.25, -0.2) is 4.79 Å². The smallest absolute Gasteiger partial charge is 0.347 e. The lowest BCUT2D eigenvalue weighted by atomic mass is 10.0. The van der Waals surface area contributed by atoms with Gasteiger partial charge in [0, 0.05) is 29.5 Å². The second kappa shape index (κ2) is 5.99. The number of aliphatic carboxylic acids is 1. The SMILES string of the molecule is CC(=O)NC(NC(=O)c1ccc2c(ccc3c[nH]nc32)c1)C(=O)O. The van der Waals surface area contributed by atoms with Gasteiger partial charge < -0.3 is 15.7 Å². The third kappa shape index (κ3) is 2.89. The van der Waals surface area contributed by atoms with Gasteiger partial charge in [0.15, 0.2) is 0 Å². The summed E-state index contributed by atoms with van der Waals surface area (Å²) in [5.41, 5.74) is 1.08. The summed E-state index contributed by atoms with van der Waals surface area (Å²) >= 11 is 0. The van der Waals surface area contributed by atoms with Crippen molar-refractivity contribution in [3.05, 3.63) is 42.1 Å². The van der Waals surface area contributed by atoms with Crippen LogP contribution in [0.15, 0.2) is 36.5 Å². The first-order valence-electron chi connectivity index (χ1n) is 7.13. The number of H-pyrrole nitrogens is 1. The maximum atomic E-state index is 12.3. The Morgan fingerprint density at radius 1 is 1.12 bits per heavy atom. The van der Waals surface area contributed by atoms with Crippen molar-refractivity contribution in [2.75, 3.05) is 0 Å². The van der Waals surface area contributed by atoms with Gasteiger partial charge in [-0.15, -0.1) is 0 Å². The number of carbonyl (C=O) groups excluding carboxylic acids is 2. The fourth-order valence-corrected chi connectivity index (χ4v) is 2.46. The lowest BCUT2D eigenvalue weighted by Crippen LogP contribution is -2.52. The quantitative estimate of drug-likeness (QED) is 0.532. The molecule has 0 aliphatic heterocycles. The number of benzene rings is 2. The molecule has 0 spiro atoms. The molecule has 122 valence electrons. The maximum absolute atomic E-state index is 12.3. The molecule has 1 atom stereocenters. The minimum atomic E-state index is -1.49. The highest BCUT2D eigenvalue weighted by atomic mass is 16.4. The van der Waals surface area contributed by atoms with E-state index in [1.54, 1.807) is 24.4 Å². The zero-order chi connectivity index (χ0) is 17.3. The number of rotatable bonds is 4. The number of carboxylic acid groups (broad SMARTS) is 1. The second-order valence-electron chi connectivity index (χ2n) is 5.27. The predicted octanol–water partition coefficient (Wildman–Crippen LogP) is 0.993. The molecule has 1 unspecified atom stereocenters. The summed E-state index contributed by atoms with van der Waals surface area (Å²) in [4.78, 5) is 34.4. The molecule has 0 fully saturated rings. The van der Waals surface area contributed by atoms with Gasteiger partial charge in [0.1, 0.15) is 0 Å². The molecule has 3 aromatic rings. The van der Waals surface area contributed by atoms with Gasteiger partial charge in [0.2, 0.25) is 12.1 Å². The van der Waals surface area contributed by atoms with E-state index in [4.69, 9.17) is 5.11 Å². The first kappa shape index (κ1) is 15.5. The molecule has 8 nitrogen and oxygen atoms in total. The van der Waals surface area contributed by atoms with E-state index in [-0.39, 0.29) is 5.56 Å². The van der Waals surface area contributed by atoms with E-state index in [2.05, 4.69) is 20.8 Å². The standard InChI is InChI=1S/C16H14N4O4/c1-8(21)18-14(16(23)24)19-15(22)10-4-5-12-9(6-10)2-3-11-7-17-20-13(11)12/h2-7,14H,1H3,(H,17,20)(H,18,21)(H,19,22)(H,23,24). The Morgan fingerprint density at radius 2 is 1.88 bits per heavy atom. The molecule has 4 N–H and O–H groups in total. The van der Waals surface area contributed by atoms with Gasteiger partial charge >= 0.3 is 5.97 Å². The number of aromatic amines is 1. The number of hydrogen-bond acceptors (Lipinski definition) is 4. The van der Waals surface area contributed by atoms with Crippen LogP contribution < -0.4 is 10.6 Å². The van der Waals surface area contributed by atoms with Gasteiger partial charge in [0.05, 0.1) is 5.52 Å². The second-order valence-corrected chi connectivity index (χ2v) is 5.27. The Labute approximate surface area is 135 Å². The number of nitrogens with one attached hydrogen (secondary N) is 3. The summed E-state index contributed by atoms with van der Waals surface area (Å²) in [5.74, 6) is -2.50. The number of amides is 2. The molecule has 8 heteroatoms. The lowest BCUT2D eigenvalue weighted by molar-refractivity contribution is -0.142. The van der Waals surface area contributed by atoms with Gasteiger partial charge in [-0.05, 0) is 17.5 Å². The van der Waals surface area contributed by atoms with E-state index >= 15 is 0 Å². The van der Waals surface area contributed by atoms with E-state index in [0.29, 0.717) is 0 Å². The van der Waals surface area contributed by atoms with Crippen LogP contribution in [0.4, 0.5) is 0 Å². The lowest BCUT2D eigenvalue weighted by Gasteiger charge is -2.15. The van der Waals surface area contributed by atoms with Crippen molar-refractivity contribution >= 4 is 39.5 Å². The first-order chi connectivity index (χ1) is 11.5. The number of nitrogens with zero attached hydrogens (tertiary/aromatic N) is 1. The molecule has 0 aliphatic carbocycles. The van der Waals surface area contributed by atoms with Crippen molar-refractivity contribution in [2.24, 2.45) is 0 Å². The summed E-state index contributed by atoms with van der Waals surface area (Å²) < 4.78 is 0. The molecule has 1 aromatic heterocycles. The number of hydrogen-bond donors (Lipinski definition) is 4. The number of aromatic nitrogens is 2. The molecular weight excluding hydrogens is 312 g/mol. The highest BCUT2D eigenvalue weighted by Crippen LogP contribution is 2.24. The van der Waals surface area contributed by atoms with E-state index in [0.717, 1.165) is 21.7 Å². The van der Waals surface area contributed by atoms with E-state index in [1.165, 1.54) is 6.92 Å². The molecule has 0 radical (unpaired) electrons. The summed E-state index contributed by atoms with van der Waals surface area (Å²) in [5, 5.41) is 23.1. The van der Waals surface area contributed by atoms with Crippen LogP contribution in [0.25, 0.3) is 21.7 Å². The predicted molar refractivity (Wildman–Crippen MR) is 86.3 cm³/mol. The molecule has 24 heavy (non-hydrogen) atoms. The van der Waals surface area contributed by atoms with Crippen molar-refractivity contribution in [3.63, 3.8) is 0 Å². The highest BCUT2D eigenvalue weighted by molar-refractivity contribution is 6.08. The monoisotopic (exact) mass is 326 g/mol. The topological polar surface area (TPSA) is 124 Å². The molecule has 0 bridgehead atoms. The summed E-state index contributed by atoms with van der Waals surface area (Å²) in [7, 11) is 0. The first-order valence-corrected chi connectivity index (χ1v) is 7.13. The molecule has 0 saturated heterocycles. The van der Waals surface area contributed by atoms with Gasteiger partial charge in [-0.3, -0.25) is 14.7 Å². The fraction of sp³-hybridized carbons (Fsp3) is 0.125. The van der Waals surface area contributed by atoms with Crippen LogP contribution in [0.2, 0.25) is 0 Å². The van der Waals surface area contributed by atoms with Crippen molar-refractivity contribution in [1.82, 2.24) is 20.8 Å². The Morgan fingerprint density at radius 3 is 2.58 bits per heavy atom. The Bertz CT molecular complexity index is 963. The third-order valence-corrected chi connectivity index (χ3v) is 3.55. The highest BCUT2D eigenvalue weighted by Gasteiger charge is 2.21. The molecule has 0 aliphatic rings. The largest absolute Gasteiger partial charge is 0.478 e. The van der Waals surface area contributed by atoms with Crippen LogP contribution in [-0.2, 0) is 9.59 Å². The van der Waals surface area contributed by atoms with Crippen LogP contribution in [0, 0.1) is 0 Å². The third-order valence-electron chi connectivity index (χ3n) is 3.55. The summed E-state index contributed by atoms with van der Waals surface area (Å²) in [6.07, 6.45) is 0.291. The molecule has 0 saturated carbocycles. The summed E-state index contributed by atoms with van der Waals surface area (Å²) in [6.45, 7) is 1.17. The fourth-order valence-electron chi connectivity index (χ4n) is 2.46. The average Bonchev–Trinajstić information content (AvgIpc) is 3.02. The Balaban J connectivity index is 1.90. The Hall–Kier alpha value is -3.42. The Kier molecular flexibility index (Phi) is 3.87. The normalized spacial score (nSPS) is 12.0. The van der Waals surface area contributed by atoms with Crippen LogP contribution >= 0.6 is 0 Å². The molecule has 1 heterocycles. The number of fused-ring (bicyclic) bond motifs is 3. The minimum absolute atomic E-state index is 0.286. The van der Waals surface area contributed by atoms with E-state index in [1.807, 2.05) is 12.1 Å². The van der Waals surface area contributed by atoms with Crippen LogP contribution in [-0.4, -0.2) is 39.3 Å². The number of carbonyl (C=O) groups is 3. The van der Waals surface area contributed by atoms with Crippen molar-refractivity contribution < 1.29 is 19.5 Å². The molecule has 2 aromatic carbocycles. The van der Waals surface area contributed by atoms with Crippen molar-refractivity contribution in [3.8, 4) is 0 Å². The summed E-state index contributed by atoms with van der Waals surface area (Å²) in [6, 6.07) is 8.71. The van der Waals surface area contributed by atoms with Crippen molar-refractivity contribution in [2.45, 2.75) is 13.1 Å². The maximum Gasteiger partial charge on any atom is 0.347 e. The van der Waals surface area contributed by atoms with Crippen molar-refractivity contribution in [1.29, 1.82) is 0 Å². The van der Waals surface area contributed by atoms with Crippen LogP contribution in [0.3, 0.4) is 0 Å². The number of carboxylic acids is 1. The molecule has 2 amide bonds. The zero-order valence-electron chi connectivity index (χ0n) is 12.7. The van der Waals surface area contributed by atoms with Crippen LogP contribution in [0.1, 0.15) is 17.3 Å². The van der Waals surface area contributed by atoms with Gasteiger partial charge in [-0.1, -0.05) is 18.2 Å². The molecular formula is C16H14N4O4.